The van der Waals surface area contributed by atoms with Gasteiger partial charge >= 0.3 is 0 Å². The summed E-state index contributed by atoms with van der Waals surface area (Å²) in [4.78, 5) is 12.7. The minimum atomic E-state index is -1.25. The fraction of sp³-hybridized carbons (Fsp3) is 0.750. The van der Waals surface area contributed by atoms with Crippen LogP contribution in [0, 0.1) is 0 Å². The van der Waals surface area contributed by atoms with Gasteiger partial charge in [-0.25, -0.2) is 0 Å². The van der Waals surface area contributed by atoms with Crippen LogP contribution in [0.4, 0.5) is 0 Å². The van der Waals surface area contributed by atoms with Crippen molar-refractivity contribution in [1.82, 2.24) is 4.90 Å². The minimum absolute atomic E-state index is 0.214. The Bertz CT molecular complexity index is 310. The molecule has 90 valence electrons. The maximum Gasteiger partial charge on any atom is 0.240 e. The summed E-state index contributed by atoms with van der Waals surface area (Å²) in [6.45, 7) is -0.420. The van der Waals surface area contributed by atoms with Crippen molar-refractivity contribution >= 4 is 34.2 Å². The smallest absolute Gasteiger partial charge is 0.240 e. The van der Waals surface area contributed by atoms with Gasteiger partial charge in [-0.3, -0.25) is 9.69 Å². The van der Waals surface area contributed by atoms with Crippen LogP contribution in [-0.4, -0.2) is 67.3 Å². The predicted octanol–water partition coefficient (Wildman–Crippen LogP) is -1.71. The summed E-state index contributed by atoms with van der Waals surface area (Å²) in [7, 11) is 0. The van der Waals surface area contributed by atoms with Crippen molar-refractivity contribution in [3.63, 3.8) is 0 Å². The highest BCUT2D eigenvalue weighted by atomic mass is 32.2. The lowest BCUT2D eigenvalue weighted by Crippen LogP contribution is -2.46. The first-order chi connectivity index (χ1) is 7.56. The topological polar surface area (TPSA) is 90.2 Å². The summed E-state index contributed by atoms with van der Waals surface area (Å²) in [5.74, 6) is -0.0458. The van der Waals surface area contributed by atoms with Crippen LogP contribution < -0.4 is 0 Å². The molecule has 2 saturated heterocycles. The van der Waals surface area contributed by atoms with Crippen LogP contribution in [0.15, 0.2) is 0 Å². The maximum absolute atomic E-state index is 11.5. The van der Waals surface area contributed by atoms with E-state index in [0.29, 0.717) is 4.32 Å². The Hall–Kier alpha value is -0.250. The Morgan fingerprint density at radius 2 is 2.19 bits per heavy atom. The number of carbonyl (C=O) groups excluding carboxylic acids is 1. The number of thiocarbonyl (C=S) groups is 1. The van der Waals surface area contributed by atoms with E-state index >= 15 is 0 Å². The lowest BCUT2D eigenvalue weighted by molar-refractivity contribution is -0.138. The zero-order valence-corrected chi connectivity index (χ0v) is 9.78. The van der Waals surface area contributed by atoms with Crippen LogP contribution in [0.25, 0.3) is 0 Å². The standard InChI is InChI=1S/C8H11NO5S2/c10-1-3-5(12)6(13)7(14-3)9-4(11)2-16-8(9)15/h3,5-7,10,12-13H,1-2H2/t3-,5+,6-,7+/m0/s1. The predicted molar refractivity (Wildman–Crippen MR) is 59.7 cm³/mol. The molecule has 0 spiro atoms. The number of nitrogens with zero attached hydrogens (tertiary/aromatic N) is 1. The largest absolute Gasteiger partial charge is 0.394 e. The summed E-state index contributed by atoms with van der Waals surface area (Å²) in [5, 5.41) is 28.2. The van der Waals surface area contributed by atoms with E-state index in [1.165, 1.54) is 11.8 Å². The van der Waals surface area contributed by atoms with E-state index < -0.39 is 31.1 Å². The van der Waals surface area contributed by atoms with E-state index in [1.54, 1.807) is 0 Å². The molecular formula is C8H11NO5S2. The van der Waals surface area contributed by atoms with Crippen molar-refractivity contribution in [2.24, 2.45) is 0 Å². The Labute approximate surface area is 101 Å². The summed E-state index contributed by atoms with van der Waals surface area (Å²) >= 11 is 6.14. The second kappa shape index (κ2) is 4.55. The SMILES string of the molecule is O=C1CSC(=S)N1[C@@H]1O[C@@H](CO)[C@@H](O)[C@@H]1O. The Morgan fingerprint density at radius 3 is 2.62 bits per heavy atom. The fourth-order valence-corrected chi connectivity index (χ4v) is 2.82. The molecule has 2 aliphatic heterocycles. The molecule has 0 aromatic rings. The van der Waals surface area contributed by atoms with Crippen molar-refractivity contribution < 1.29 is 24.9 Å². The van der Waals surface area contributed by atoms with Gasteiger partial charge in [0.15, 0.2) is 6.23 Å². The van der Waals surface area contributed by atoms with E-state index in [4.69, 9.17) is 22.1 Å². The Balaban J connectivity index is 2.16. The van der Waals surface area contributed by atoms with Crippen LogP contribution >= 0.6 is 24.0 Å². The molecule has 0 saturated carbocycles. The number of amides is 1. The van der Waals surface area contributed by atoms with Gasteiger partial charge in [0.05, 0.1) is 12.4 Å². The van der Waals surface area contributed by atoms with Crippen LogP contribution in [0.2, 0.25) is 0 Å². The van der Waals surface area contributed by atoms with Gasteiger partial charge in [0.2, 0.25) is 5.91 Å². The lowest BCUT2D eigenvalue weighted by atomic mass is 10.1. The number of ether oxygens (including phenoxy) is 1. The zero-order valence-electron chi connectivity index (χ0n) is 8.15. The van der Waals surface area contributed by atoms with E-state index in [-0.39, 0.29) is 11.7 Å². The number of hydrogen-bond donors (Lipinski definition) is 3. The first-order valence-corrected chi connectivity index (χ1v) is 6.07. The third kappa shape index (κ3) is 1.85. The van der Waals surface area contributed by atoms with E-state index in [0.717, 1.165) is 4.90 Å². The van der Waals surface area contributed by atoms with Crippen molar-refractivity contribution in [3.8, 4) is 0 Å². The third-order valence-electron chi connectivity index (χ3n) is 2.56. The van der Waals surface area contributed by atoms with Gasteiger partial charge in [-0.05, 0) is 0 Å². The Morgan fingerprint density at radius 1 is 1.50 bits per heavy atom. The summed E-state index contributed by atoms with van der Waals surface area (Å²) < 4.78 is 5.53. The quantitative estimate of drug-likeness (QED) is 0.512. The minimum Gasteiger partial charge on any atom is -0.394 e. The number of aliphatic hydroxyl groups is 3. The molecule has 4 atom stereocenters. The molecule has 1 amide bonds. The van der Waals surface area contributed by atoms with Gasteiger partial charge in [-0.1, -0.05) is 24.0 Å². The molecule has 2 heterocycles. The van der Waals surface area contributed by atoms with Crippen molar-refractivity contribution in [3.05, 3.63) is 0 Å². The van der Waals surface area contributed by atoms with Crippen molar-refractivity contribution in [2.45, 2.75) is 24.5 Å². The highest BCUT2D eigenvalue weighted by molar-refractivity contribution is 8.23. The van der Waals surface area contributed by atoms with Gasteiger partial charge in [0.1, 0.15) is 22.6 Å². The molecule has 8 heteroatoms. The van der Waals surface area contributed by atoms with Crippen LogP contribution in [-0.2, 0) is 9.53 Å². The monoisotopic (exact) mass is 265 g/mol. The lowest BCUT2D eigenvalue weighted by Gasteiger charge is -2.24. The van der Waals surface area contributed by atoms with Crippen LogP contribution in [0.5, 0.6) is 0 Å². The van der Waals surface area contributed by atoms with Crippen LogP contribution in [0.3, 0.4) is 0 Å². The fourth-order valence-electron chi connectivity index (χ4n) is 1.70. The van der Waals surface area contributed by atoms with Crippen molar-refractivity contribution in [1.29, 1.82) is 0 Å². The highest BCUT2D eigenvalue weighted by Crippen LogP contribution is 2.30. The average molecular weight is 265 g/mol. The molecule has 2 aliphatic rings. The van der Waals surface area contributed by atoms with Gasteiger partial charge < -0.3 is 20.1 Å². The molecular weight excluding hydrogens is 254 g/mol. The van der Waals surface area contributed by atoms with Gasteiger partial charge in [-0.15, -0.1) is 0 Å². The van der Waals surface area contributed by atoms with Gasteiger partial charge in [0.25, 0.3) is 0 Å². The molecule has 0 bridgehead atoms. The molecule has 0 unspecified atom stereocenters. The first-order valence-electron chi connectivity index (χ1n) is 4.67. The normalized spacial score (nSPS) is 39.8. The molecule has 6 nitrogen and oxygen atoms in total. The van der Waals surface area contributed by atoms with E-state index in [9.17, 15) is 15.0 Å². The second-order valence-corrected chi connectivity index (χ2v) is 5.16. The molecule has 16 heavy (non-hydrogen) atoms. The third-order valence-corrected chi connectivity index (χ3v) is 3.94. The maximum atomic E-state index is 11.5. The van der Waals surface area contributed by atoms with Crippen molar-refractivity contribution in [2.75, 3.05) is 12.4 Å². The number of aliphatic hydroxyl groups excluding tert-OH is 3. The number of rotatable bonds is 2. The summed E-state index contributed by atoms with van der Waals surface area (Å²) in [5.41, 5.74) is 0. The zero-order chi connectivity index (χ0) is 11.9. The molecule has 3 N–H and O–H groups in total. The highest BCUT2D eigenvalue weighted by Gasteiger charge is 2.49. The second-order valence-electron chi connectivity index (χ2n) is 3.55. The average Bonchev–Trinajstić information content (AvgIpc) is 2.72. The van der Waals surface area contributed by atoms with Gasteiger partial charge in [-0.2, -0.15) is 0 Å². The molecule has 0 aromatic carbocycles. The number of hydrogen-bond acceptors (Lipinski definition) is 7. The first kappa shape index (κ1) is 12.2. The van der Waals surface area contributed by atoms with E-state index in [1.807, 2.05) is 0 Å². The molecule has 0 radical (unpaired) electrons. The van der Waals surface area contributed by atoms with E-state index in [2.05, 4.69) is 0 Å². The number of thioether (sulfide) groups is 1. The summed E-state index contributed by atoms with van der Waals surface area (Å²) in [6, 6.07) is 0. The molecule has 2 rings (SSSR count). The molecule has 0 aliphatic carbocycles. The molecule has 0 aromatic heterocycles. The number of carbonyl (C=O) groups is 1. The Kier molecular flexibility index (Phi) is 3.48. The van der Waals surface area contributed by atoms with Crippen LogP contribution in [0.1, 0.15) is 0 Å². The summed E-state index contributed by atoms with van der Waals surface area (Å²) in [6.07, 6.45) is -4.35. The van der Waals surface area contributed by atoms with Gasteiger partial charge in [0, 0.05) is 0 Å². The molecule has 2 fully saturated rings.